The highest BCUT2D eigenvalue weighted by molar-refractivity contribution is 7.11. The molecule has 8 nitrogen and oxygen atoms in total. The highest BCUT2D eigenvalue weighted by Crippen LogP contribution is 2.32. The van der Waals surface area contributed by atoms with E-state index in [-0.39, 0.29) is 6.04 Å². The van der Waals surface area contributed by atoms with Gasteiger partial charge in [-0.2, -0.15) is 0 Å². The van der Waals surface area contributed by atoms with E-state index in [1.54, 1.807) is 32.6 Å². The molecule has 170 valence electrons. The van der Waals surface area contributed by atoms with Gasteiger partial charge in [-0.05, 0) is 31.5 Å². The van der Waals surface area contributed by atoms with E-state index in [1.807, 2.05) is 19.9 Å². The van der Waals surface area contributed by atoms with Crippen molar-refractivity contribution in [3.63, 3.8) is 0 Å². The molecule has 1 aliphatic rings. The third kappa shape index (κ3) is 6.09. The van der Waals surface area contributed by atoms with E-state index in [2.05, 4.69) is 37.6 Å². The lowest BCUT2D eigenvalue weighted by atomic mass is 10.0. The minimum atomic E-state index is 0.148. The summed E-state index contributed by atoms with van der Waals surface area (Å²) in [5, 5.41) is 7.99. The molecule has 9 heteroatoms. The third-order valence-corrected chi connectivity index (χ3v) is 6.45. The van der Waals surface area contributed by atoms with E-state index in [0.29, 0.717) is 13.1 Å². The molecule has 1 aliphatic heterocycles. The maximum absolute atomic E-state index is 5.57. The number of methoxy groups -OCH3 is 2. The molecule has 1 unspecified atom stereocenters. The monoisotopic (exact) mass is 447 g/mol. The summed E-state index contributed by atoms with van der Waals surface area (Å²) in [7, 11) is 5.11. The summed E-state index contributed by atoms with van der Waals surface area (Å²) in [6, 6.07) is 6.27. The van der Waals surface area contributed by atoms with E-state index < -0.39 is 0 Å². The third-order valence-electron chi connectivity index (χ3n) is 5.38. The van der Waals surface area contributed by atoms with Crippen molar-refractivity contribution in [1.29, 1.82) is 0 Å². The zero-order chi connectivity index (χ0) is 22.2. The van der Waals surface area contributed by atoms with Crippen LogP contribution >= 0.6 is 11.3 Å². The van der Waals surface area contributed by atoms with Crippen molar-refractivity contribution in [3.05, 3.63) is 39.3 Å². The van der Waals surface area contributed by atoms with E-state index in [9.17, 15) is 0 Å². The van der Waals surface area contributed by atoms with Gasteiger partial charge in [0, 0.05) is 31.6 Å². The van der Waals surface area contributed by atoms with E-state index in [1.165, 1.54) is 4.88 Å². The number of hydrogen-bond donors (Lipinski definition) is 2. The van der Waals surface area contributed by atoms with Crippen LogP contribution in [0.4, 0.5) is 0 Å². The first-order valence-corrected chi connectivity index (χ1v) is 11.3. The first-order chi connectivity index (χ1) is 15.0. The maximum atomic E-state index is 5.57. The standard InChI is InChI=1S/C22H33N5O3S/c1-15-21(31-16(2)26-15)14-25-22(23-3)24-13-18(27-8-10-30-11-9-27)17-6-7-19(28-4)20(12-17)29-5/h6-7,12,18H,8-11,13-14H2,1-5H3,(H2,23,24,25). The Balaban J connectivity index is 1.71. The second-order valence-corrected chi connectivity index (χ2v) is 8.61. The molecule has 2 aromatic rings. The SMILES string of the molecule is CN=C(NCc1sc(C)nc1C)NCC(c1ccc(OC)c(OC)c1)N1CCOCC1. The lowest BCUT2D eigenvalue weighted by Crippen LogP contribution is -2.46. The van der Waals surface area contributed by atoms with Crippen LogP contribution in [0.2, 0.25) is 0 Å². The lowest BCUT2D eigenvalue weighted by molar-refractivity contribution is 0.0169. The average Bonchev–Trinajstić information content (AvgIpc) is 3.13. The van der Waals surface area contributed by atoms with Gasteiger partial charge in [-0.15, -0.1) is 11.3 Å². The molecule has 0 saturated carbocycles. The molecule has 0 aliphatic carbocycles. The van der Waals surface area contributed by atoms with Crippen LogP contribution in [-0.4, -0.2) is 70.0 Å². The number of aromatic nitrogens is 1. The van der Waals surface area contributed by atoms with Crippen molar-refractivity contribution in [3.8, 4) is 11.5 Å². The summed E-state index contributed by atoms with van der Waals surface area (Å²) in [6.07, 6.45) is 0. The van der Waals surface area contributed by atoms with E-state index in [4.69, 9.17) is 14.2 Å². The van der Waals surface area contributed by atoms with Gasteiger partial charge in [-0.3, -0.25) is 9.89 Å². The normalized spacial score (nSPS) is 16.1. The van der Waals surface area contributed by atoms with Crippen LogP contribution in [0.3, 0.4) is 0 Å². The van der Waals surface area contributed by atoms with Crippen LogP contribution in [0.1, 0.15) is 27.2 Å². The van der Waals surface area contributed by atoms with Crippen LogP contribution in [-0.2, 0) is 11.3 Å². The molecule has 1 atom stereocenters. The number of hydrogen-bond acceptors (Lipinski definition) is 7. The Morgan fingerprint density at radius 3 is 2.55 bits per heavy atom. The minimum absolute atomic E-state index is 0.148. The smallest absolute Gasteiger partial charge is 0.191 e. The fourth-order valence-electron chi connectivity index (χ4n) is 3.72. The number of thiazole rings is 1. The van der Waals surface area contributed by atoms with Crippen molar-refractivity contribution >= 4 is 17.3 Å². The number of ether oxygens (including phenoxy) is 3. The molecule has 31 heavy (non-hydrogen) atoms. The summed E-state index contributed by atoms with van der Waals surface area (Å²) < 4.78 is 16.5. The number of aryl methyl sites for hydroxylation is 2. The first kappa shape index (κ1) is 23.3. The van der Waals surface area contributed by atoms with Gasteiger partial charge in [0.15, 0.2) is 17.5 Å². The van der Waals surface area contributed by atoms with Gasteiger partial charge in [0.05, 0.1) is 50.7 Å². The number of rotatable bonds is 8. The summed E-state index contributed by atoms with van der Waals surface area (Å²) in [6.45, 7) is 8.72. The Morgan fingerprint density at radius 2 is 1.94 bits per heavy atom. The number of benzene rings is 1. The molecule has 0 spiro atoms. The molecular formula is C22H33N5O3S. The minimum Gasteiger partial charge on any atom is -0.493 e. The number of nitrogens with one attached hydrogen (secondary N) is 2. The Bertz CT molecular complexity index is 880. The molecule has 2 N–H and O–H groups in total. The van der Waals surface area contributed by atoms with E-state index in [0.717, 1.165) is 60.0 Å². The van der Waals surface area contributed by atoms with Gasteiger partial charge in [0.2, 0.25) is 0 Å². The van der Waals surface area contributed by atoms with Crippen molar-refractivity contribution in [2.75, 3.05) is 54.1 Å². The van der Waals surface area contributed by atoms with Crippen LogP contribution in [0.5, 0.6) is 11.5 Å². The predicted molar refractivity (Wildman–Crippen MR) is 124 cm³/mol. The highest BCUT2D eigenvalue weighted by atomic mass is 32.1. The second kappa shape index (κ2) is 11.3. The first-order valence-electron chi connectivity index (χ1n) is 10.5. The topological polar surface area (TPSA) is 80.2 Å². The van der Waals surface area contributed by atoms with Gasteiger partial charge < -0.3 is 24.8 Å². The maximum Gasteiger partial charge on any atom is 0.191 e. The Kier molecular flexibility index (Phi) is 8.51. The van der Waals surface area contributed by atoms with Crippen molar-refractivity contribution in [1.82, 2.24) is 20.5 Å². The summed E-state index contributed by atoms with van der Waals surface area (Å²) in [5.41, 5.74) is 2.23. The quantitative estimate of drug-likeness (QED) is 0.475. The van der Waals surface area contributed by atoms with Crippen LogP contribution in [0.15, 0.2) is 23.2 Å². The summed E-state index contributed by atoms with van der Waals surface area (Å²) >= 11 is 1.71. The number of aliphatic imine (C=N–C) groups is 1. The molecule has 0 radical (unpaired) electrons. The number of morpholine rings is 1. The molecule has 1 aromatic heterocycles. The van der Waals surface area contributed by atoms with Crippen LogP contribution in [0, 0.1) is 13.8 Å². The zero-order valence-corrected chi connectivity index (χ0v) is 19.8. The molecule has 1 fully saturated rings. The van der Waals surface area contributed by atoms with Gasteiger partial charge in [-0.25, -0.2) is 4.98 Å². The number of guanidine groups is 1. The van der Waals surface area contributed by atoms with Gasteiger partial charge in [0.1, 0.15) is 0 Å². The summed E-state index contributed by atoms with van der Waals surface area (Å²) in [5.74, 6) is 2.23. The lowest BCUT2D eigenvalue weighted by Gasteiger charge is -2.35. The second-order valence-electron chi connectivity index (χ2n) is 7.33. The Hall–Kier alpha value is -2.36. The Morgan fingerprint density at radius 1 is 1.19 bits per heavy atom. The largest absolute Gasteiger partial charge is 0.493 e. The molecule has 1 aromatic carbocycles. The molecule has 3 rings (SSSR count). The fourth-order valence-corrected chi connectivity index (χ4v) is 4.60. The van der Waals surface area contributed by atoms with Crippen molar-refractivity contribution in [2.45, 2.75) is 26.4 Å². The molecule has 2 heterocycles. The van der Waals surface area contributed by atoms with Crippen molar-refractivity contribution in [2.24, 2.45) is 4.99 Å². The Labute approximate surface area is 188 Å². The summed E-state index contributed by atoms with van der Waals surface area (Å²) in [4.78, 5) is 12.6. The molecule has 0 amide bonds. The molecular weight excluding hydrogens is 414 g/mol. The van der Waals surface area contributed by atoms with Gasteiger partial charge in [-0.1, -0.05) is 6.07 Å². The van der Waals surface area contributed by atoms with Crippen molar-refractivity contribution < 1.29 is 14.2 Å². The van der Waals surface area contributed by atoms with Gasteiger partial charge in [0.25, 0.3) is 0 Å². The van der Waals surface area contributed by atoms with Gasteiger partial charge >= 0.3 is 0 Å². The molecule has 0 bridgehead atoms. The highest BCUT2D eigenvalue weighted by Gasteiger charge is 2.24. The fraction of sp³-hybridized carbons (Fsp3) is 0.545. The average molecular weight is 448 g/mol. The van der Waals surface area contributed by atoms with Crippen LogP contribution < -0.4 is 20.1 Å². The number of nitrogens with zero attached hydrogens (tertiary/aromatic N) is 3. The van der Waals surface area contributed by atoms with Crippen LogP contribution in [0.25, 0.3) is 0 Å². The zero-order valence-electron chi connectivity index (χ0n) is 19.0. The predicted octanol–water partition coefficient (Wildman–Crippen LogP) is 2.52. The van der Waals surface area contributed by atoms with E-state index >= 15 is 0 Å². The molecule has 1 saturated heterocycles.